The Hall–Kier alpha value is -2.95. The summed E-state index contributed by atoms with van der Waals surface area (Å²) in [7, 11) is 1.63. The third kappa shape index (κ3) is 2.74. The Kier molecular flexibility index (Phi) is 3.96. The average Bonchev–Trinajstić information content (AvgIpc) is 3.00. The Bertz CT molecular complexity index is 764. The van der Waals surface area contributed by atoms with E-state index >= 15 is 0 Å². The molecule has 0 aliphatic carbocycles. The van der Waals surface area contributed by atoms with E-state index in [9.17, 15) is 4.91 Å². The van der Waals surface area contributed by atoms with Crippen LogP contribution in [0.1, 0.15) is 5.56 Å². The van der Waals surface area contributed by atoms with Gasteiger partial charge >= 0.3 is 0 Å². The van der Waals surface area contributed by atoms with Crippen molar-refractivity contribution in [2.75, 3.05) is 7.11 Å². The largest absolute Gasteiger partial charge is 0.497 e. The van der Waals surface area contributed by atoms with Crippen LogP contribution in [0.25, 0.3) is 16.9 Å². The quantitative estimate of drug-likeness (QED) is 0.672. The van der Waals surface area contributed by atoms with Gasteiger partial charge in [-0.15, -0.1) is 0 Å². The van der Waals surface area contributed by atoms with Crippen LogP contribution in [-0.2, 0) is 6.54 Å². The molecule has 110 valence electrons. The number of methoxy groups -OCH3 is 1. The predicted molar refractivity (Wildman–Crippen MR) is 85.1 cm³/mol. The van der Waals surface area contributed by atoms with Crippen molar-refractivity contribution in [2.24, 2.45) is 5.18 Å². The number of para-hydroxylation sites is 1. The van der Waals surface area contributed by atoms with Gasteiger partial charge in [-0.1, -0.05) is 23.4 Å². The van der Waals surface area contributed by atoms with Gasteiger partial charge in [-0.05, 0) is 36.4 Å². The summed E-state index contributed by atoms with van der Waals surface area (Å²) in [6.45, 7) is 0.0915. The SMILES string of the molecule is COc1ccc(-c2nn(-c3ccccc3)cc2CN=O)cc1. The second kappa shape index (κ2) is 6.22. The maximum Gasteiger partial charge on any atom is 0.118 e. The molecule has 0 N–H and O–H groups in total. The standard InChI is InChI=1S/C17H15N3O2/c1-22-16-9-7-13(8-10-16)17-14(11-18-21)12-20(19-17)15-5-3-2-4-6-15/h2-10,12H,11H2,1H3. The van der Waals surface area contributed by atoms with Crippen LogP contribution in [0.3, 0.4) is 0 Å². The number of nitroso groups, excluding NO2 is 1. The summed E-state index contributed by atoms with van der Waals surface area (Å²) in [5.41, 5.74) is 3.42. The van der Waals surface area contributed by atoms with Gasteiger partial charge in [0.25, 0.3) is 0 Å². The van der Waals surface area contributed by atoms with Gasteiger partial charge in [0.05, 0.1) is 18.5 Å². The molecule has 0 radical (unpaired) electrons. The number of ether oxygens (including phenoxy) is 1. The van der Waals surface area contributed by atoms with E-state index in [2.05, 4.69) is 10.3 Å². The molecule has 0 bridgehead atoms. The zero-order valence-corrected chi connectivity index (χ0v) is 12.1. The normalized spacial score (nSPS) is 10.4. The van der Waals surface area contributed by atoms with Crippen LogP contribution < -0.4 is 4.74 Å². The first kappa shape index (κ1) is 14.0. The van der Waals surface area contributed by atoms with Gasteiger partial charge in [0.2, 0.25) is 0 Å². The highest BCUT2D eigenvalue weighted by Crippen LogP contribution is 2.26. The average molecular weight is 293 g/mol. The van der Waals surface area contributed by atoms with Crippen molar-refractivity contribution in [3.8, 4) is 22.7 Å². The van der Waals surface area contributed by atoms with Crippen LogP contribution in [-0.4, -0.2) is 16.9 Å². The van der Waals surface area contributed by atoms with Crippen molar-refractivity contribution >= 4 is 0 Å². The molecule has 0 amide bonds. The minimum Gasteiger partial charge on any atom is -0.497 e. The molecular formula is C17H15N3O2. The van der Waals surface area contributed by atoms with Gasteiger partial charge in [-0.3, -0.25) is 0 Å². The second-order valence-corrected chi connectivity index (χ2v) is 4.80. The summed E-state index contributed by atoms with van der Waals surface area (Å²) in [6.07, 6.45) is 1.84. The van der Waals surface area contributed by atoms with Crippen molar-refractivity contribution in [2.45, 2.75) is 6.54 Å². The van der Waals surface area contributed by atoms with Crippen molar-refractivity contribution in [3.63, 3.8) is 0 Å². The topological polar surface area (TPSA) is 56.5 Å². The van der Waals surface area contributed by atoms with Crippen LogP contribution in [0.4, 0.5) is 0 Å². The lowest BCUT2D eigenvalue weighted by atomic mass is 10.1. The summed E-state index contributed by atoms with van der Waals surface area (Å²) in [6, 6.07) is 17.3. The first-order chi connectivity index (χ1) is 10.8. The molecule has 5 nitrogen and oxygen atoms in total. The molecule has 0 spiro atoms. The number of benzene rings is 2. The van der Waals surface area contributed by atoms with Gasteiger partial charge in [0, 0.05) is 17.3 Å². The summed E-state index contributed by atoms with van der Waals surface area (Å²) in [5.74, 6) is 0.779. The fraction of sp³-hybridized carbons (Fsp3) is 0.118. The first-order valence-electron chi connectivity index (χ1n) is 6.89. The van der Waals surface area contributed by atoms with E-state index in [4.69, 9.17) is 4.74 Å². The highest BCUT2D eigenvalue weighted by atomic mass is 16.5. The fourth-order valence-electron chi connectivity index (χ4n) is 2.30. The molecule has 1 heterocycles. The van der Waals surface area contributed by atoms with Gasteiger partial charge in [0.15, 0.2) is 0 Å². The molecule has 0 fully saturated rings. The molecule has 0 saturated carbocycles. The monoisotopic (exact) mass is 293 g/mol. The lowest BCUT2D eigenvalue weighted by Crippen LogP contribution is -1.94. The van der Waals surface area contributed by atoms with Gasteiger partial charge in [0.1, 0.15) is 12.3 Å². The molecular weight excluding hydrogens is 278 g/mol. The molecule has 3 aromatic rings. The van der Waals surface area contributed by atoms with Crippen molar-refractivity contribution in [1.82, 2.24) is 9.78 Å². The van der Waals surface area contributed by atoms with E-state index in [1.165, 1.54) is 0 Å². The van der Waals surface area contributed by atoms with Crippen molar-refractivity contribution < 1.29 is 4.74 Å². The highest BCUT2D eigenvalue weighted by molar-refractivity contribution is 5.64. The Morgan fingerprint density at radius 1 is 1.09 bits per heavy atom. The van der Waals surface area contributed by atoms with E-state index in [1.54, 1.807) is 11.8 Å². The second-order valence-electron chi connectivity index (χ2n) is 4.80. The fourth-order valence-corrected chi connectivity index (χ4v) is 2.30. The zero-order valence-electron chi connectivity index (χ0n) is 12.1. The molecule has 5 heteroatoms. The van der Waals surface area contributed by atoms with Crippen LogP contribution in [0.15, 0.2) is 66.0 Å². The third-order valence-electron chi connectivity index (χ3n) is 3.41. The van der Waals surface area contributed by atoms with Crippen molar-refractivity contribution in [3.05, 3.63) is 71.3 Å². The molecule has 0 saturated heterocycles. The number of rotatable bonds is 5. The van der Waals surface area contributed by atoms with E-state index in [-0.39, 0.29) is 6.54 Å². The lowest BCUT2D eigenvalue weighted by molar-refractivity contribution is 0.415. The van der Waals surface area contributed by atoms with Crippen LogP contribution in [0, 0.1) is 4.91 Å². The summed E-state index contributed by atoms with van der Waals surface area (Å²) < 4.78 is 6.93. The van der Waals surface area contributed by atoms with Crippen LogP contribution >= 0.6 is 0 Å². The maximum atomic E-state index is 10.7. The van der Waals surface area contributed by atoms with Gasteiger partial charge in [-0.2, -0.15) is 10.0 Å². The number of hydrogen-bond donors (Lipinski definition) is 0. The molecule has 0 atom stereocenters. The Balaban J connectivity index is 2.05. The highest BCUT2D eigenvalue weighted by Gasteiger charge is 2.12. The molecule has 2 aromatic carbocycles. The summed E-state index contributed by atoms with van der Waals surface area (Å²) >= 11 is 0. The molecule has 3 rings (SSSR count). The summed E-state index contributed by atoms with van der Waals surface area (Å²) in [5, 5.41) is 7.61. The van der Waals surface area contributed by atoms with Gasteiger partial charge in [-0.25, -0.2) is 4.68 Å². The van der Waals surface area contributed by atoms with E-state index in [0.717, 1.165) is 28.3 Å². The first-order valence-corrected chi connectivity index (χ1v) is 6.89. The van der Waals surface area contributed by atoms with E-state index in [0.29, 0.717) is 0 Å². The molecule has 0 aliphatic heterocycles. The van der Waals surface area contributed by atoms with E-state index < -0.39 is 0 Å². The van der Waals surface area contributed by atoms with Gasteiger partial charge < -0.3 is 4.74 Å². The summed E-state index contributed by atoms with van der Waals surface area (Å²) in [4.78, 5) is 10.7. The number of aromatic nitrogens is 2. The number of nitrogens with zero attached hydrogens (tertiary/aromatic N) is 3. The van der Waals surface area contributed by atoms with Crippen molar-refractivity contribution in [1.29, 1.82) is 0 Å². The molecule has 0 unspecified atom stereocenters. The smallest absolute Gasteiger partial charge is 0.118 e. The Morgan fingerprint density at radius 2 is 1.82 bits per heavy atom. The number of hydrogen-bond acceptors (Lipinski definition) is 4. The maximum absolute atomic E-state index is 10.7. The van der Waals surface area contributed by atoms with Crippen LogP contribution in [0.2, 0.25) is 0 Å². The third-order valence-corrected chi connectivity index (χ3v) is 3.41. The molecule has 22 heavy (non-hydrogen) atoms. The Morgan fingerprint density at radius 3 is 2.45 bits per heavy atom. The predicted octanol–water partition coefficient (Wildman–Crippen LogP) is 3.81. The van der Waals surface area contributed by atoms with E-state index in [1.807, 2.05) is 60.8 Å². The minimum atomic E-state index is 0.0915. The minimum absolute atomic E-state index is 0.0915. The lowest BCUT2D eigenvalue weighted by Gasteiger charge is -2.02. The molecule has 1 aromatic heterocycles. The zero-order chi connectivity index (χ0) is 15.4. The molecule has 0 aliphatic rings. The Labute approximate surface area is 128 Å². The van der Waals surface area contributed by atoms with Crippen LogP contribution in [0.5, 0.6) is 5.75 Å².